The molecule has 0 aromatic carbocycles. The van der Waals surface area contributed by atoms with Gasteiger partial charge in [-0.2, -0.15) is 0 Å². The molecule has 0 radical (unpaired) electrons. The topological polar surface area (TPSA) is 45.1 Å². The molecule has 3 heteroatoms. The molecule has 2 aliphatic rings. The van der Waals surface area contributed by atoms with Crippen molar-refractivity contribution in [3.8, 4) is 0 Å². The van der Waals surface area contributed by atoms with Crippen molar-refractivity contribution in [1.82, 2.24) is 10.3 Å². The normalized spacial score (nSPS) is 30.7. The van der Waals surface area contributed by atoms with Gasteiger partial charge in [0.1, 0.15) is 0 Å². The highest BCUT2D eigenvalue weighted by Crippen LogP contribution is 2.44. The first-order valence-corrected chi connectivity index (χ1v) is 7.59. The highest BCUT2D eigenvalue weighted by atomic mass is 16.3. The maximum atomic E-state index is 9.53. The number of hydrogen-bond donors (Lipinski definition) is 2. The first-order valence-electron chi connectivity index (χ1n) is 7.59. The lowest BCUT2D eigenvalue weighted by atomic mass is 9.94. The van der Waals surface area contributed by atoms with Crippen LogP contribution >= 0.6 is 0 Å². The van der Waals surface area contributed by atoms with Gasteiger partial charge in [-0.1, -0.05) is 12.5 Å². The van der Waals surface area contributed by atoms with Crippen LogP contribution in [0.4, 0.5) is 0 Å². The molecule has 3 nitrogen and oxygen atoms in total. The Labute approximate surface area is 115 Å². The van der Waals surface area contributed by atoms with Crippen LogP contribution in [-0.2, 0) is 6.42 Å². The SMILES string of the molecule is OCC(CNC1CC2CCC1C2)Cc1ccccn1. The van der Waals surface area contributed by atoms with Crippen LogP contribution in [0.3, 0.4) is 0 Å². The van der Waals surface area contributed by atoms with E-state index in [1.807, 2.05) is 24.4 Å². The Morgan fingerprint density at radius 3 is 2.89 bits per heavy atom. The molecule has 3 rings (SSSR count). The van der Waals surface area contributed by atoms with Gasteiger partial charge in [0.05, 0.1) is 0 Å². The Balaban J connectivity index is 1.47. The third kappa shape index (κ3) is 3.15. The zero-order chi connectivity index (χ0) is 13.1. The minimum Gasteiger partial charge on any atom is -0.396 e. The van der Waals surface area contributed by atoms with E-state index in [9.17, 15) is 5.11 Å². The van der Waals surface area contributed by atoms with E-state index in [2.05, 4.69) is 10.3 Å². The molecule has 0 spiro atoms. The fraction of sp³-hybridized carbons (Fsp3) is 0.688. The molecular formula is C16H24N2O. The molecule has 1 heterocycles. The minimum absolute atomic E-state index is 0.240. The average molecular weight is 260 g/mol. The van der Waals surface area contributed by atoms with Crippen molar-refractivity contribution in [2.24, 2.45) is 17.8 Å². The number of hydrogen-bond acceptors (Lipinski definition) is 3. The Kier molecular flexibility index (Phi) is 4.14. The number of aliphatic hydroxyl groups is 1. The molecule has 0 amide bonds. The van der Waals surface area contributed by atoms with E-state index < -0.39 is 0 Å². The highest BCUT2D eigenvalue weighted by molar-refractivity contribution is 5.04. The summed E-state index contributed by atoms with van der Waals surface area (Å²) < 4.78 is 0. The van der Waals surface area contributed by atoms with Gasteiger partial charge in [0, 0.05) is 31.1 Å². The number of pyridine rings is 1. The average Bonchev–Trinajstić information content (AvgIpc) is 3.07. The summed E-state index contributed by atoms with van der Waals surface area (Å²) in [6, 6.07) is 6.70. The van der Waals surface area contributed by atoms with Gasteiger partial charge in [0.15, 0.2) is 0 Å². The molecule has 2 aliphatic carbocycles. The van der Waals surface area contributed by atoms with E-state index in [0.29, 0.717) is 6.04 Å². The Morgan fingerprint density at radius 1 is 1.32 bits per heavy atom. The van der Waals surface area contributed by atoms with Crippen LogP contribution < -0.4 is 5.32 Å². The Hall–Kier alpha value is -0.930. The van der Waals surface area contributed by atoms with Crippen LogP contribution in [0.15, 0.2) is 24.4 Å². The van der Waals surface area contributed by atoms with Crippen LogP contribution in [0, 0.1) is 17.8 Å². The molecule has 1 aromatic heterocycles. The van der Waals surface area contributed by atoms with E-state index in [-0.39, 0.29) is 12.5 Å². The molecule has 2 N–H and O–H groups in total. The molecule has 2 fully saturated rings. The molecule has 1 aromatic rings. The van der Waals surface area contributed by atoms with E-state index >= 15 is 0 Å². The van der Waals surface area contributed by atoms with Gasteiger partial charge >= 0.3 is 0 Å². The van der Waals surface area contributed by atoms with Gasteiger partial charge in [-0.25, -0.2) is 0 Å². The Morgan fingerprint density at radius 2 is 2.26 bits per heavy atom. The van der Waals surface area contributed by atoms with Crippen molar-refractivity contribution in [2.75, 3.05) is 13.2 Å². The third-order valence-corrected chi connectivity index (χ3v) is 4.89. The maximum Gasteiger partial charge on any atom is 0.0475 e. The maximum absolute atomic E-state index is 9.53. The summed E-state index contributed by atoms with van der Waals surface area (Å²) in [6.07, 6.45) is 8.33. The number of nitrogens with zero attached hydrogens (tertiary/aromatic N) is 1. The van der Waals surface area contributed by atoms with Crippen LogP contribution in [0.25, 0.3) is 0 Å². The second-order valence-corrected chi connectivity index (χ2v) is 6.26. The second-order valence-electron chi connectivity index (χ2n) is 6.26. The van der Waals surface area contributed by atoms with Gasteiger partial charge < -0.3 is 10.4 Å². The lowest BCUT2D eigenvalue weighted by Crippen LogP contribution is -2.38. The summed E-state index contributed by atoms with van der Waals surface area (Å²) in [7, 11) is 0. The molecule has 4 atom stereocenters. The van der Waals surface area contributed by atoms with Crippen molar-refractivity contribution in [1.29, 1.82) is 0 Å². The van der Waals surface area contributed by atoms with Gasteiger partial charge in [0.2, 0.25) is 0 Å². The van der Waals surface area contributed by atoms with Crippen molar-refractivity contribution in [2.45, 2.75) is 38.1 Å². The van der Waals surface area contributed by atoms with Gasteiger partial charge in [-0.05, 0) is 55.6 Å². The lowest BCUT2D eigenvalue weighted by molar-refractivity contribution is 0.210. The number of aliphatic hydroxyl groups excluding tert-OH is 1. The number of aromatic nitrogens is 1. The van der Waals surface area contributed by atoms with Crippen molar-refractivity contribution in [3.05, 3.63) is 30.1 Å². The molecule has 0 saturated heterocycles. The number of rotatable bonds is 6. The smallest absolute Gasteiger partial charge is 0.0475 e. The molecule has 104 valence electrons. The second kappa shape index (κ2) is 6.02. The zero-order valence-electron chi connectivity index (χ0n) is 11.5. The van der Waals surface area contributed by atoms with E-state index in [1.165, 1.54) is 25.7 Å². The quantitative estimate of drug-likeness (QED) is 0.822. The van der Waals surface area contributed by atoms with Crippen LogP contribution in [-0.4, -0.2) is 29.3 Å². The third-order valence-electron chi connectivity index (χ3n) is 4.89. The van der Waals surface area contributed by atoms with Crippen molar-refractivity contribution >= 4 is 0 Å². The summed E-state index contributed by atoms with van der Waals surface area (Å²) in [5.41, 5.74) is 1.08. The van der Waals surface area contributed by atoms with E-state index in [1.54, 1.807) is 0 Å². The molecule has 2 bridgehead atoms. The molecule has 2 saturated carbocycles. The fourth-order valence-electron chi connectivity index (χ4n) is 3.83. The monoisotopic (exact) mass is 260 g/mol. The van der Waals surface area contributed by atoms with Crippen LogP contribution in [0.2, 0.25) is 0 Å². The molecule has 19 heavy (non-hydrogen) atoms. The number of nitrogens with one attached hydrogen (secondary N) is 1. The van der Waals surface area contributed by atoms with Gasteiger partial charge in [-0.3, -0.25) is 4.98 Å². The largest absolute Gasteiger partial charge is 0.396 e. The minimum atomic E-state index is 0.240. The summed E-state index contributed by atoms with van der Waals surface area (Å²) in [5.74, 6) is 2.17. The molecule has 0 aliphatic heterocycles. The summed E-state index contributed by atoms with van der Waals surface area (Å²) in [6.45, 7) is 1.16. The summed E-state index contributed by atoms with van der Waals surface area (Å²) >= 11 is 0. The predicted octanol–water partition coefficient (Wildman–Crippen LogP) is 2.01. The van der Waals surface area contributed by atoms with Crippen LogP contribution in [0.1, 0.15) is 31.4 Å². The van der Waals surface area contributed by atoms with Crippen molar-refractivity contribution < 1.29 is 5.11 Å². The fourth-order valence-corrected chi connectivity index (χ4v) is 3.83. The first-order chi connectivity index (χ1) is 9.35. The van der Waals surface area contributed by atoms with Crippen LogP contribution in [0.5, 0.6) is 0 Å². The molecular weight excluding hydrogens is 236 g/mol. The number of fused-ring (bicyclic) bond motifs is 2. The van der Waals surface area contributed by atoms with E-state index in [4.69, 9.17) is 0 Å². The zero-order valence-corrected chi connectivity index (χ0v) is 11.5. The van der Waals surface area contributed by atoms with Crippen molar-refractivity contribution in [3.63, 3.8) is 0 Å². The summed E-state index contributed by atoms with van der Waals surface area (Å²) in [4.78, 5) is 4.35. The lowest BCUT2D eigenvalue weighted by Gasteiger charge is -2.25. The summed E-state index contributed by atoms with van der Waals surface area (Å²) in [5, 5.41) is 13.2. The standard InChI is InChI=1S/C16H24N2O/c19-11-13(8-15-3-1-2-6-17-15)10-18-16-9-12-4-5-14(16)7-12/h1-3,6,12-14,16,18-19H,4-5,7-11H2. The molecule has 4 unspecified atom stereocenters. The first kappa shape index (κ1) is 13.1. The Bertz CT molecular complexity index is 395. The highest BCUT2D eigenvalue weighted by Gasteiger charge is 2.39. The predicted molar refractivity (Wildman–Crippen MR) is 75.8 cm³/mol. The van der Waals surface area contributed by atoms with E-state index in [0.717, 1.165) is 30.5 Å². The van der Waals surface area contributed by atoms with Gasteiger partial charge in [-0.15, -0.1) is 0 Å². The van der Waals surface area contributed by atoms with Gasteiger partial charge in [0.25, 0.3) is 0 Å².